The monoisotopic (exact) mass is 713 g/mol. The van der Waals surface area contributed by atoms with Gasteiger partial charge in [0.15, 0.2) is 23.9 Å². The summed E-state index contributed by atoms with van der Waals surface area (Å²) in [6, 6.07) is 29.5. The molecule has 4 aromatic rings. The molecule has 266 valence electrons. The second-order valence-corrected chi connectivity index (χ2v) is 15.1. The number of hydrogen-bond acceptors (Lipinski definition) is 10. The Morgan fingerprint density at radius 3 is 1.55 bits per heavy atom. The third-order valence-electron chi connectivity index (χ3n) is 8.27. The summed E-state index contributed by atoms with van der Waals surface area (Å²) in [6.45, 7) is 7.13. The van der Waals surface area contributed by atoms with Crippen molar-refractivity contribution in [2.45, 2.75) is 69.0 Å². The Bertz CT molecular complexity index is 1980. The minimum Gasteiger partial charge on any atom is -0.458 e. The standard InChI is InChI=1S/C39H39NO10S/c1-26-21-23-30(24-22-26)51(45,46)40-25-31(47-34(41)27-15-9-6-10-16-27)32(48-35(42)28-17-11-7-12-18-28)33(39(40,5)37(44)50-38(2,3)4)49-36(43)29-19-13-8-14-20-29/h6-24,31-33H,25H2,1-5H3/t31-,32+,33+,39+/m1/s1. The molecule has 1 aliphatic rings. The average molecular weight is 714 g/mol. The van der Waals surface area contributed by atoms with Crippen molar-refractivity contribution in [3.05, 3.63) is 138 Å². The Morgan fingerprint density at radius 1 is 0.667 bits per heavy atom. The van der Waals surface area contributed by atoms with Gasteiger partial charge in [-0.1, -0.05) is 72.3 Å². The van der Waals surface area contributed by atoms with Gasteiger partial charge >= 0.3 is 23.9 Å². The first kappa shape index (κ1) is 36.9. The van der Waals surface area contributed by atoms with Crippen LogP contribution in [0.25, 0.3) is 0 Å². The van der Waals surface area contributed by atoms with Crippen molar-refractivity contribution >= 4 is 33.9 Å². The van der Waals surface area contributed by atoms with Crippen molar-refractivity contribution in [1.29, 1.82) is 0 Å². The number of ether oxygens (including phenoxy) is 4. The Balaban J connectivity index is 1.73. The molecule has 1 aliphatic heterocycles. The quantitative estimate of drug-likeness (QED) is 0.155. The predicted molar refractivity (Wildman–Crippen MR) is 186 cm³/mol. The summed E-state index contributed by atoms with van der Waals surface area (Å²) in [5.74, 6) is -3.82. The number of nitrogens with zero attached hydrogens (tertiary/aromatic N) is 1. The van der Waals surface area contributed by atoms with Gasteiger partial charge in [-0.05, 0) is 83.1 Å². The fourth-order valence-electron chi connectivity index (χ4n) is 5.63. The third kappa shape index (κ3) is 8.19. The molecule has 5 rings (SSSR count). The summed E-state index contributed by atoms with van der Waals surface area (Å²) in [7, 11) is -4.65. The lowest BCUT2D eigenvalue weighted by Crippen LogP contribution is -2.74. The Morgan fingerprint density at radius 2 is 1.10 bits per heavy atom. The predicted octanol–water partition coefficient (Wildman–Crippen LogP) is 5.78. The molecule has 0 bridgehead atoms. The molecule has 0 aromatic heterocycles. The maximum absolute atomic E-state index is 14.7. The number of piperidine rings is 1. The highest BCUT2D eigenvalue weighted by Gasteiger charge is 2.65. The molecule has 0 saturated carbocycles. The Kier molecular flexibility index (Phi) is 10.8. The second kappa shape index (κ2) is 14.9. The highest BCUT2D eigenvalue weighted by molar-refractivity contribution is 7.89. The average Bonchev–Trinajstić information content (AvgIpc) is 3.11. The number of carbonyl (C=O) groups is 4. The number of carbonyl (C=O) groups excluding carboxylic acids is 4. The summed E-state index contributed by atoms with van der Waals surface area (Å²) in [5, 5.41) is 0. The molecule has 0 N–H and O–H groups in total. The number of aryl methyl sites for hydroxylation is 1. The van der Waals surface area contributed by atoms with Crippen molar-refractivity contribution in [3.8, 4) is 0 Å². The number of sulfonamides is 1. The van der Waals surface area contributed by atoms with E-state index in [9.17, 15) is 27.6 Å². The summed E-state index contributed by atoms with van der Waals surface area (Å²) in [6.07, 6.45) is -5.20. The number of benzene rings is 4. The molecular weight excluding hydrogens is 674 g/mol. The summed E-state index contributed by atoms with van der Waals surface area (Å²) < 4.78 is 54.0. The second-order valence-electron chi connectivity index (χ2n) is 13.2. The topological polar surface area (TPSA) is 143 Å². The van der Waals surface area contributed by atoms with Crippen LogP contribution in [0.4, 0.5) is 0 Å². The summed E-state index contributed by atoms with van der Waals surface area (Å²) in [5.41, 5.74) is -2.45. The number of esters is 4. The number of rotatable bonds is 9. The van der Waals surface area contributed by atoms with E-state index in [-0.39, 0.29) is 21.6 Å². The molecule has 1 fully saturated rings. The molecule has 1 saturated heterocycles. The van der Waals surface area contributed by atoms with Crippen LogP contribution in [-0.2, 0) is 33.8 Å². The SMILES string of the molecule is Cc1ccc(S(=O)(=O)N2C[C@@H](OC(=O)c3ccccc3)[C@H](OC(=O)c3ccccc3)[C@H](OC(=O)c3ccccc3)[C@@]2(C)C(=O)OC(C)(C)C)cc1. The fraction of sp³-hybridized carbons (Fsp3) is 0.282. The van der Waals surface area contributed by atoms with Gasteiger partial charge in [0.25, 0.3) is 0 Å². The van der Waals surface area contributed by atoms with E-state index in [0.29, 0.717) is 0 Å². The fourth-order valence-corrected chi connectivity index (χ4v) is 7.38. The first-order chi connectivity index (χ1) is 24.1. The molecule has 0 spiro atoms. The van der Waals surface area contributed by atoms with Crippen LogP contribution in [0.3, 0.4) is 0 Å². The molecule has 0 unspecified atom stereocenters. The van der Waals surface area contributed by atoms with Gasteiger partial charge in [-0.3, -0.25) is 0 Å². The van der Waals surface area contributed by atoms with Gasteiger partial charge in [0.1, 0.15) is 5.60 Å². The molecule has 11 nitrogen and oxygen atoms in total. The van der Waals surface area contributed by atoms with E-state index >= 15 is 0 Å². The molecule has 51 heavy (non-hydrogen) atoms. The van der Waals surface area contributed by atoms with Crippen LogP contribution >= 0.6 is 0 Å². The van der Waals surface area contributed by atoms with Crippen molar-refractivity contribution < 1.29 is 46.5 Å². The molecular formula is C39H39NO10S. The van der Waals surface area contributed by atoms with E-state index in [2.05, 4.69) is 0 Å². The van der Waals surface area contributed by atoms with Gasteiger partial charge in [0.2, 0.25) is 10.0 Å². The Labute approximate surface area is 297 Å². The lowest BCUT2D eigenvalue weighted by atomic mass is 9.83. The van der Waals surface area contributed by atoms with E-state index in [1.54, 1.807) is 94.4 Å². The van der Waals surface area contributed by atoms with Gasteiger partial charge in [-0.25, -0.2) is 27.6 Å². The lowest BCUT2D eigenvalue weighted by molar-refractivity contribution is -0.195. The molecule has 4 atom stereocenters. The van der Waals surface area contributed by atoms with Crippen LogP contribution in [0.2, 0.25) is 0 Å². The maximum atomic E-state index is 14.7. The Hall–Kier alpha value is -5.33. The molecule has 0 radical (unpaired) electrons. The van der Waals surface area contributed by atoms with E-state index in [0.717, 1.165) is 9.87 Å². The van der Waals surface area contributed by atoms with Crippen LogP contribution in [-0.4, -0.2) is 72.6 Å². The molecule has 1 heterocycles. The third-order valence-corrected chi connectivity index (χ3v) is 10.2. The van der Waals surface area contributed by atoms with Crippen LogP contribution in [0, 0.1) is 6.92 Å². The van der Waals surface area contributed by atoms with Gasteiger partial charge in [-0.15, -0.1) is 0 Å². The normalized spacial score (nSPS) is 20.8. The zero-order chi connectivity index (χ0) is 37.0. The zero-order valence-electron chi connectivity index (χ0n) is 28.8. The van der Waals surface area contributed by atoms with Crippen molar-refractivity contribution in [1.82, 2.24) is 4.31 Å². The van der Waals surface area contributed by atoms with E-state index in [4.69, 9.17) is 18.9 Å². The molecule has 0 aliphatic carbocycles. The van der Waals surface area contributed by atoms with Crippen molar-refractivity contribution in [3.63, 3.8) is 0 Å². The first-order valence-corrected chi connectivity index (χ1v) is 17.7. The van der Waals surface area contributed by atoms with Crippen LogP contribution in [0.5, 0.6) is 0 Å². The smallest absolute Gasteiger partial charge is 0.338 e. The highest BCUT2D eigenvalue weighted by Crippen LogP contribution is 2.41. The largest absolute Gasteiger partial charge is 0.458 e. The lowest BCUT2D eigenvalue weighted by Gasteiger charge is -2.51. The zero-order valence-corrected chi connectivity index (χ0v) is 29.7. The van der Waals surface area contributed by atoms with Crippen LogP contribution < -0.4 is 0 Å². The summed E-state index contributed by atoms with van der Waals surface area (Å²) in [4.78, 5) is 55.4. The van der Waals surface area contributed by atoms with E-state index < -0.39 is 69.9 Å². The maximum Gasteiger partial charge on any atom is 0.338 e. The van der Waals surface area contributed by atoms with E-state index in [1.807, 2.05) is 0 Å². The van der Waals surface area contributed by atoms with Gasteiger partial charge in [-0.2, -0.15) is 4.31 Å². The van der Waals surface area contributed by atoms with Crippen molar-refractivity contribution in [2.75, 3.05) is 6.54 Å². The van der Waals surface area contributed by atoms with Gasteiger partial charge in [0.05, 0.1) is 28.1 Å². The van der Waals surface area contributed by atoms with Crippen molar-refractivity contribution in [2.24, 2.45) is 0 Å². The van der Waals surface area contributed by atoms with Crippen LogP contribution in [0.1, 0.15) is 64.3 Å². The molecule has 4 aromatic carbocycles. The minimum atomic E-state index is -4.65. The number of hydrogen-bond donors (Lipinski definition) is 0. The summed E-state index contributed by atoms with van der Waals surface area (Å²) >= 11 is 0. The first-order valence-electron chi connectivity index (χ1n) is 16.2. The molecule has 0 amide bonds. The van der Waals surface area contributed by atoms with E-state index in [1.165, 1.54) is 55.5 Å². The van der Waals surface area contributed by atoms with Gasteiger partial charge in [0, 0.05) is 0 Å². The minimum absolute atomic E-state index is 0.0634. The molecule has 12 heteroatoms. The van der Waals surface area contributed by atoms with Crippen LogP contribution in [0.15, 0.2) is 120 Å². The highest BCUT2D eigenvalue weighted by atomic mass is 32.2. The van der Waals surface area contributed by atoms with Gasteiger partial charge < -0.3 is 18.9 Å².